The van der Waals surface area contributed by atoms with Crippen molar-refractivity contribution in [3.8, 4) is 0 Å². The van der Waals surface area contributed by atoms with E-state index in [9.17, 15) is 0 Å². The van der Waals surface area contributed by atoms with E-state index in [0.717, 1.165) is 29.5 Å². The number of nitrogens with zero attached hydrogens (tertiary/aromatic N) is 4. The van der Waals surface area contributed by atoms with Crippen molar-refractivity contribution in [2.75, 3.05) is 46.8 Å². The van der Waals surface area contributed by atoms with Crippen molar-refractivity contribution < 1.29 is 4.52 Å². The van der Waals surface area contributed by atoms with Crippen molar-refractivity contribution in [2.24, 2.45) is 4.99 Å². The second kappa shape index (κ2) is 10.8. The molecule has 0 unspecified atom stereocenters. The first kappa shape index (κ1) is 23.4. The normalized spacial score (nSPS) is 21.2. The lowest BCUT2D eigenvalue weighted by molar-refractivity contribution is 0.0173. The summed E-state index contributed by atoms with van der Waals surface area (Å²) in [4.78, 5) is 9.64. The molecule has 2 aliphatic rings. The van der Waals surface area contributed by atoms with Crippen molar-refractivity contribution >= 4 is 29.9 Å². The molecule has 0 aromatic carbocycles. The van der Waals surface area contributed by atoms with Crippen LogP contribution in [0.25, 0.3) is 0 Å². The molecule has 0 aliphatic carbocycles. The van der Waals surface area contributed by atoms with Gasteiger partial charge in [-0.15, -0.1) is 24.0 Å². The minimum Gasteiger partial charge on any atom is -0.361 e. The summed E-state index contributed by atoms with van der Waals surface area (Å²) >= 11 is 0. The number of likely N-dealkylation sites (tertiary alicyclic amines) is 2. The molecular formula is C20H37IN6O. The third-order valence-corrected chi connectivity index (χ3v) is 6.37. The van der Waals surface area contributed by atoms with Gasteiger partial charge in [-0.05, 0) is 72.8 Å². The highest BCUT2D eigenvalue weighted by atomic mass is 127. The molecule has 2 saturated heterocycles. The summed E-state index contributed by atoms with van der Waals surface area (Å²) in [6, 6.07) is 0. The molecule has 1 aromatic rings. The van der Waals surface area contributed by atoms with Crippen LogP contribution in [0, 0.1) is 13.8 Å². The Labute approximate surface area is 186 Å². The summed E-state index contributed by atoms with van der Waals surface area (Å²) in [6.45, 7) is 10.4. The zero-order chi connectivity index (χ0) is 19.3. The summed E-state index contributed by atoms with van der Waals surface area (Å²) in [6.07, 6.45) is 6.47. The highest BCUT2D eigenvalue weighted by Gasteiger charge is 2.39. The topological polar surface area (TPSA) is 68.9 Å². The summed E-state index contributed by atoms with van der Waals surface area (Å²) in [5.41, 5.74) is 2.30. The Kier molecular flexibility index (Phi) is 9.01. The van der Waals surface area contributed by atoms with E-state index in [2.05, 4.69) is 37.6 Å². The number of rotatable bonds is 5. The Morgan fingerprint density at radius 2 is 1.79 bits per heavy atom. The summed E-state index contributed by atoms with van der Waals surface area (Å²) in [7, 11) is 4.07. The van der Waals surface area contributed by atoms with Crippen molar-refractivity contribution in [3.05, 3.63) is 17.0 Å². The molecule has 3 heterocycles. The van der Waals surface area contributed by atoms with Crippen LogP contribution in [0.1, 0.15) is 49.1 Å². The Morgan fingerprint density at radius 1 is 1.11 bits per heavy atom. The van der Waals surface area contributed by atoms with Gasteiger partial charge in [0.05, 0.1) is 5.69 Å². The average molecular weight is 504 g/mol. The minimum absolute atomic E-state index is 0. The lowest BCUT2D eigenvalue weighted by Gasteiger charge is -2.50. The summed E-state index contributed by atoms with van der Waals surface area (Å²) in [5, 5.41) is 11.1. The molecule has 0 saturated carbocycles. The summed E-state index contributed by atoms with van der Waals surface area (Å²) in [5.74, 6) is 1.72. The van der Waals surface area contributed by atoms with Crippen molar-refractivity contribution in [1.29, 1.82) is 0 Å². The van der Waals surface area contributed by atoms with Crippen molar-refractivity contribution in [1.82, 2.24) is 25.6 Å². The number of hydrogen-bond donors (Lipinski definition) is 2. The van der Waals surface area contributed by atoms with E-state index >= 15 is 0 Å². The van der Waals surface area contributed by atoms with Crippen LogP contribution in [0.5, 0.6) is 0 Å². The fraction of sp³-hybridized carbons (Fsp3) is 0.800. The molecule has 160 valence electrons. The van der Waals surface area contributed by atoms with Crippen molar-refractivity contribution in [3.63, 3.8) is 0 Å². The van der Waals surface area contributed by atoms with E-state index in [1.807, 2.05) is 20.9 Å². The molecule has 0 spiro atoms. The fourth-order valence-corrected chi connectivity index (χ4v) is 4.40. The molecular weight excluding hydrogens is 467 g/mol. The van der Waals surface area contributed by atoms with Crippen LogP contribution >= 0.6 is 24.0 Å². The minimum atomic E-state index is 0. The van der Waals surface area contributed by atoms with E-state index < -0.39 is 0 Å². The third-order valence-electron chi connectivity index (χ3n) is 6.37. The first-order chi connectivity index (χ1) is 13.0. The van der Waals surface area contributed by atoms with E-state index in [1.165, 1.54) is 58.3 Å². The van der Waals surface area contributed by atoms with Crippen molar-refractivity contribution in [2.45, 2.75) is 58.0 Å². The van der Waals surface area contributed by atoms with Crippen LogP contribution in [-0.4, -0.2) is 73.3 Å². The molecule has 2 fully saturated rings. The number of nitrogens with one attached hydrogen (secondary N) is 2. The van der Waals surface area contributed by atoms with Gasteiger partial charge in [0.2, 0.25) is 0 Å². The molecule has 7 nitrogen and oxygen atoms in total. The number of aryl methyl sites for hydroxylation is 2. The monoisotopic (exact) mass is 504 g/mol. The highest BCUT2D eigenvalue weighted by molar-refractivity contribution is 14.0. The maximum Gasteiger partial charge on any atom is 0.191 e. The Bertz CT molecular complexity index is 613. The number of aromatic nitrogens is 1. The van der Waals surface area contributed by atoms with Gasteiger partial charge in [0.15, 0.2) is 5.96 Å². The SMILES string of the molecule is CN=C(NCc1c(C)noc1C)NCC1(N2CCCCC2)CCN(C)CC1.I. The van der Waals surface area contributed by atoms with Gasteiger partial charge in [0.25, 0.3) is 0 Å². The molecule has 8 heteroatoms. The smallest absolute Gasteiger partial charge is 0.191 e. The van der Waals surface area contributed by atoms with Crippen LogP contribution in [0.3, 0.4) is 0 Å². The molecule has 2 N–H and O–H groups in total. The molecule has 0 atom stereocenters. The molecule has 0 bridgehead atoms. The Balaban J connectivity index is 0.00000280. The standard InChI is InChI=1S/C20H36N6O.HI/c1-16-18(17(2)27-24-16)14-22-19(21-3)23-15-20(8-12-25(4)13-9-20)26-10-6-5-7-11-26;/h5-15H2,1-4H3,(H2,21,22,23);1H. The maximum atomic E-state index is 5.26. The van der Waals surface area contributed by atoms with Crippen LogP contribution in [0.2, 0.25) is 0 Å². The number of guanidine groups is 1. The van der Waals surface area contributed by atoms with E-state index in [0.29, 0.717) is 6.54 Å². The van der Waals surface area contributed by atoms with Gasteiger partial charge in [-0.25, -0.2) is 0 Å². The van der Waals surface area contributed by atoms with Gasteiger partial charge in [0.1, 0.15) is 5.76 Å². The predicted molar refractivity (Wildman–Crippen MR) is 124 cm³/mol. The van der Waals surface area contributed by atoms with Gasteiger partial charge in [0, 0.05) is 31.2 Å². The Hall–Kier alpha value is -0.870. The first-order valence-electron chi connectivity index (χ1n) is 10.3. The van der Waals surface area contributed by atoms with Gasteiger partial charge in [-0.3, -0.25) is 9.89 Å². The molecule has 2 aliphatic heterocycles. The quantitative estimate of drug-likeness (QED) is 0.365. The number of piperidine rings is 2. The average Bonchev–Trinajstić information content (AvgIpc) is 3.02. The van der Waals surface area contributed by atoms with Gasteiger partial charge >= 0.3 is 0 Å². The molecule has 1 aromatic heterocycles. The van der Waals surface area contributed by atoms with E-state index in [4.69, 9.17) is 4.52 Å². The molecule has 0 radical (unpaired) electrons. The van der Waals surface area contributed by atoms with Crippen LogP contribution in [-0.2, 0) is 6.54 Å². The number of hydrogen-bond acceptors (Lipinski definition) is 5. The molecule has 3 rings (SSSR count). The van der Waals surface area contributed by atoms with Gasteiger partial charge in [-0.2, -0.15) is 0 Å². The largest absolute Gasteiger partial charge is 0.361 e. The van der Waals surface area contributed by atoms with Crippen LogP contribution < -0.4 is 10.6 Å². The predicted octanol–water partition coefficient (Wildman–Crippen LogP) is 2.52. The third kappa shape index (κ3) is 5.60. The lowest BCUT2D eigenvalue weighted by Crippen LogP contribution is -2.62. The molecule has 0 amide bonds. The summed E-state index contributed by atoms with van der Waals surface area (Å²) < 4.78 is 5.26. The molecule has 28 heavy (non-hydrogen) atoms. The van der Waals surface area contributed by atoms with E-state index in [1.54, 1.807) is 0 Å². The maximum absolute atomic E-state index is 5.26. The van der Waals surface area contributed by atoms with Gasteiger partial charge < -0.3 is 20.1 Å². The second-order valence-electron chi connectivity index (χ2n) is 8.16. The second-order valence-corrected chi connectivity index (χ2v) is 8.16. The lowest BCUT2D eigenvalue weighted by atomic mass is 9.84. The highest BCUT2D eigenvalue weighted by Crippen LogP contribution is 2.30. The zero-order valence-corrected chi connectivity index (χ0v) is 20.2. The number of aliphatic imine (C=N–C) groups is 1. The Morgan fingerprint density at radius 3 is 2.36 bits per heavy atom. The van der Waals surface area contributed by atoms with Crippen LogP contribution in [0.4, 0.5) is 0 Å². The first-order valence-corrected chi connectivity index (χ1v) is 10.3. The van der Waals surface area contributed by atoms with Crippen LogP contribution in [0.15, 0.2) is 9.52 Å². The zero-order valence-electron chi connectivity index (χ0n) is 17.9. The van der Waals surface area contributed by atoms with Gasteiger partial charge in [-0.1, -0.05) is 11.6 Å². The number of halogens is 1. The fourth-order valence-electron chi connectivity index (χ4n) is 4.40. The van der Waals surface area contributed by atoms with E-state index in [-0.39, 0.29) is 29.5 Å².